The number of benzene rings is 1. The predicted octanol–water partition coefficient (Wildman–Crippen LogP) is 3.18. The molecule has 4 rings (SSSR count). The Morgan fingerprint density at radius 3 is 2.84 bits per heavy atom. The summed E-state index contributed by atoms with van der Waals surface area (Å²) < 4.78 is 4.92. The number of rotatable bonds is 3. The minimum atomic E-state index is -0.560. The van der Waals surface area contributed by atoms with Crippen LogP contribution >= 0.6 is 11.6 Å². The summed E-state index contributed by atoms with van der Waals surface area (Å²) in [6.07, 6.45) is 0. The number of anilines is 1. The van der Waals surface area contributed by atoms with Gasteiger partial charge in [-0.2, -0.15) is 0 Å². The number of H-pyrrole nitrogens is 2. The van der Waals surface area contributed by atoms with Gasteiger partial charge in [-0.3, -0.25) is 9.78 Å². The monoisotopic (exact) mass is 356 g/mol. The maximum atomic E-state index is 12.4. The molecule has 0 unspecified atom stereocenters. The first-order valence-electron chi connectivity index (χ1n) is 7.58. The molecule has 7 nitrogen and oxygen atoms in total. The molecule has 126 valence electrons. The van der Waals surface area contributed by atoms with Gasteiger partial charge >= 0.3 is 5.76 Å². The lowest BCUT2D eigenvalue weighted by molar-refractivity contribution is 0.555. The number of aromatic nitrogens is 3. The zero-order valence-corrected chi connectivity index (χ0v) is 13.8. The van der Waals surface area contributed by atoms with E-state index in [1.807, 2.05) is 6.92 Å². The van der Waals surface area contributed by atoms with Gasteiger partial charge in [0.15, 0.2) is 11.2 Å². The van der Waals surface area contributed by atoms with Crippen molar-refractivity contribution in [1.82, 2.24) is 15.0 Å². The van der Waals surface area contributed by atoms with Crippen LogP contribution in [-0.4, -0.2) is 15.0 Å². The Kier molecular flexibility index (Phi) is 3.58. The quantitative estimate of drug-likeness (QED) is 0.523. The van der Waals surface area contributed by atoms with Crippen molar-refractivity contribution in [3.63, 3.8) is 0 Å². The summed E-state index contributed by atoms with van der Waals surface area (Å²) in [6, 6.07) is 10.1. The number of hydrogen-bond donors (Lipinski definition) is 3. The highest BCUT2D eigenvalue weighted by atomic mass is 35.5. The number of nitrogens with one attached hydrogen (secondary N) is 3. The summed E-state index contributed by atoms with van der Waals surface area (Å²) in [7, 11) is 0. The summed E-state index contributed by atoms with van der Waals surface area (Å²) >= 11 is 6.02. The number of hydrogen-bond acceptors (Lipinski definition) is 5. The summed E-state index contributed by atoms with van der Waals surface area (Å²) in [4.78, 5) is 33.2. The van der Waals surface area contributed by atoms with Crippen molar-refractivity contribution in [3.05, 3.63) is 67.9 Å². The van der Waals surface area contributed by atoms with E-state index in [4.69, 9.17) is 16.0 Å². The van der Waals surface area contributed by atoms with Crippen molar-refractivity contribution in [3.8, 4) is 0 Å². The highest BCUT2D eigenvalue weighted by Crippen LogP contribution is 2.22. The van der Waals surface area contributed by atoms with Gasteiger partial charge in [-0.1, -0.05) is 11.6 Å². The van der Waals surface area contributed by atoms with Crippen LogP contribution in [0.25, 0.3) is 22.1 Å². The van der Waals surface area contributed by atoms with E-state index in [9.17, 15) is 9.59 Å². The lowest BCUT2D eigenvalue weighted by Crippen LogP contribution is -2.19. The Labute approximate surface area is 145 Å². The van der Waals surface area contributed by atoms with Crippen molar-refractivity contribution in [1.29, 1.82) is 0 Å². The third-order valence-corrected chi connectivity index (χ3v) is 4.18. The Morgan fingerprint density at radius 1 is 1.16 bits per heavy atom. The molecular weight excluding hydrogens is 344 g/mol. The molecule has 25 heavy (non-hydrogen) atoms. The SMILES string of the molecule is C[C@H](Nc1ccc2oc(=O)[nH]c2n1)c1cc2cc(Cl)ccc2[nH]c1=O. The Morgan fingerprint density at radius 2 is 2.00 bits per heavy atom. The van der Waals surface area contributed by atoms with Gasteiger partial charge in [-0.05, 0) is 43.3 Å². The first-order valence-corrected chi connectivity index (χ1v) is 7.96. The Hall–Kier alpha value is -3.06. The van der Waals surface area contributed by atoms with E-state index in [0.717, 1.165) is 10.9 Å². The van der Waals surface area contributed by atoms with Gasteiger partial charge in [0.05, 0.1) is 6.04 Å². The highest BCUT2D eigenvalue weighted by molar-refractivity contribution is 6.31. The normalized spacial score (nSPS) is 12.6. The lowest BCUT2D eigenvalue weighted by atomic mass is 10.1. The molecule has 1 atom stereocenters. The maximum absolute atomic E-state index is 12.4. The second-order valence-corrected chi connectivity index (χ2v) is 6.15. The second kappa shape index (κ2) is 5.78. The molecule has 0 radical (unpaired) electrons. The molecule has 0 aliphatic rings. The third kappa shape index (κ3) is 2.89. The fourth-order valence-electron chi connectivity index (χ4n) is 2.74. The molecular formula is C17H13ClN4O3. The minimum Gasteiger partial charge on any atom is -0.406 e. The summed E-state index contributed by atoms with van der Waals surface area (Å²) in [5.74, 6) is -0.0433. The van der Waals surface area contributed by atoms with Crippen LogP contribution in [0.5, 0.6) is 0 Å². The zero-order chi connectivity index (χ0) is 17.6. The molecule has 0 aliphatic carbocycles. The zero-order valence-electron chi connectivity index (χ0n) is 13.1. The van der Waals surface area contributed by atoms with Gasteiger partial charge in [0.1, 0.15) is 5.82 Å². The first-order chi connectivity index (χ1) is 12.0. The molecule has 0 spiro atoms. The number of halogens is 1. The maximum Gasteiger partial charge on any atom is 0.418 e. The van der Waals surface area contributed by atoms with Crippen molar-refractivity contribution < 1.29 is 4.42 Å². The highest BCUT2D eigenvalue weighted by Gasteiger charge is 2.13. The van der Waals surface area contributed by atoms with Crippen LogP contribution in [0.2, 0.25) is 5.02 Å². The Balaban J connectivity index is 1.70. The average Bonchev–Trinajstić information content (AvgIpc) is 2.93. The molecule has 0 amide bonds. The standard InChI is InChI=1S/C17H13ClN4O3/c1-8(19-14-5-4-13-15(21-14)22-17(24)25-13)11-7-9-6-10(18)2-3-12(9)20-16(11)23/h2-8H,1H3,(H,20,23)(H2,19,21,22,24)/t8-/m0/s1. The van der Waals surface area contributed by atoms with Crippen molar-refractivity contribution in [2.24, 2.45) is 0 Å². The molecule has 4 aromatic rings. The average molecular weight is 357 g/mol. The van der Waals surface area contributed by atoms with Crippen LogP contribution < -0.4 is 16.6 Å². The van der Waals surface area contributed by atoms with E-state index in [1.165, 1.54) is 0 Å². The minimum absolute atomic E-state index is 0.187. The van der Waals surface area contributed by atoms with E-state index in [-0.39, 0.29) is 11.6 Å². The topological polar surface area (TPSA) is 104 Å². The van der Waals surface area contributed by atoms with Gasteiger partial charge < -0.3 is 14.7 Å². The molecule has 0 aliphatic heterocycles. The van der Waals surface area contributed by atoms with Gasteiger partial charge in [0.2, 0.25) is 0 Å². The van der Waals surface area contributed by atoms with Crippen LogP contribution in [-0.2, 0) is 0 Å². The molecule has 1 aromatic carbocycles. The van der Waals surface area contributed by atoms with E-state index in [0.29, 0.717) is 27.6 Å². The largest absolute Gasteiger partial charge is 0.418 e. The number of nitrogens with zero attached hydrogens (tertiary/aromatic N) is 1. The van der Waals surface area contributed by atoms with Gasteiger partial charge in [-0.15, -0.1) is 0 Å². The second-order valence-electron chi connectivity index (χ2n) is 5.71. The van der Waals surface area contributed by atoms with Gasteiger partial charge in [0.25, 0.3) is 5.56 Å². The van der Waals surface area contributed by atoms with Crippen molar-refractivity contribution >= 4 is 39.6 Å². The fourth-order valence-corrected chi connectivity index (χ4v) is 2.92. The summed E-state index contributed by atoms with van der Waals surface area (Å²) in [5.41, 5.74) is 1.81. The van der Waals surface area contributed by atoms with Crippen LogP contribution in [0.15, 0.2) is 50.4 Å². The Bertz CT molecular complexity index is 1210. The molecule has 0 saturated carbocycles. The van der Waals surface area contributed by atoms with E-state index in [1.54, 1.807) is 36.4 Å². The van der Waals surface area contributed by atoms with E-state index in [2.05, 4.69) is 20.3 Å². The predicted molar refractivity (Wildman–Crippen MR) is 96.2 cm³/mol. The van der Waals surface area contributed by atoms with Crippen LogP contribution in [0.4, 0.5) is 5.82 Å². The lowest BCUT2D eigenvalue weighted by Gasteiger charge is -2.14. The number of pyridine rings is 2. The number of aromatic amines is 2. The summed E-state index contributed by atoms with van der Waals surface area (Å²) in [5, 5.41) is 4.60. The molecule has 0 saturated heterocycles. The molecule has 3 aromatic heterocycles. The number of fused-ring (bicyclic) bond motifs is 2. The van der Waals surface area contributed by atoms with E-state index < -0.39 is 5.76 Å². The van der Waals surface area contributed by atoms with Crippen molar-refractivity contribution in [2.45, 2.75) is 13.0 Å². The molecule has 8 heteroatoms. The fraction of sp³-hybridized carbons (Fsp3) is 0.118. The third-order valence-electron chi connectivity index (χ3n) is 3.95. The molecule has 0 fully saturated rings. The van der Waals surface area contributed by atoms with E-state index >= 15 is 0 Å². The summed E-state index contributed by atoms with van der Waals surface area (Å²) in [6.45, 7) is 1.85. The van der Waals surface area contributed by atoms with Crippen LogP contribution in [0, 0.1) is 0 Å². The molecule has 0 bridgehead atoms. The first kappa shape index (κ1) is 15.5. The number of oxazole rings is 1. The smallest absolute Gasteiger partial charge is 0.406 e. The van der Waals surface area contributed by atoms with Crippen molar-refractivity contribution in [2.75, 3.05) is 5.32 Å². The van der Waals surface area contributed by atoms with Gasteiger partial charge in [0, 0.05) is 21.5 Å². The van der Waals surface area contributed by atoms with Crippen LogP contribution in [0.3, 0.4) is 0 Å². The van der Waals surface area contributed by atoms with Gasteiger partial charge in [-0.25, -0.2) is 9.78 Å². The van der Waals surface area contributed by atoms with Crippen LogP contribution in [0.1, 0.15) is 18.5 Å². The molecule has 3 N–H and O–H groups in total. The molecule has 3 heterocycles.